The Morgan fingerprint density at radius 2 is 0.900 bits per heavy atom. The van der Waals surface area contributed by atoms with Crippen molar-refractivity contribution in [3.8, 4) is 0 Å². The van der Waals surface area contributed by atoms with Gasteiger partial charge in [-0.1, -0.05) is 176 Å². The van der Waals surface area contributed by atoms with Crippen LogP contribution in [0.4, 0.5) is 0 Å². The van der Waals surface area contributed by atoms with Gasteiger partial charge in [-0.2, -0.15) is 0 Å². The molecule has 0 fully saturated rings. The number of hydrogen-bond donors (Lipinski definition) is 1. The fourth-order valence-corrected chi connectivity index (χ4v) is 5.41. The lowest BCUT2D eigenvalue weighted by atomic mass is 10.1. The van der Waals surface area contributed by atoms with Crippen molar-refractivity contribution < 1.29 is 19.4 Å². The maximum absolute atomic E-state index is 12.2. The van der Waals surface area contributed by atoms with E-state index >= 15 is 0 Å². The zero-order chi connectivity index (χ0) is 36.3. The van der Waals surface area contributed by atoms with E-state index in [1.165, 1.54) is 96.3 Å². The van der Waals surface area contributed by atoms with Gasteiger partial charge in [-0.05, 0) is 77.0 Å². The summed E-state index contributed by atoms with van der Waals surface area (Å²) < 4.78 is 11.1. The lowest BCUT2D eigenvalue weighted by Gasteiger charge is -2.15. The van der Waals surface area contributed by atoms with E-state index in [0.29, 0.717) is 19.4 Å². The minimum absolute atomic E-state index is 0.208. The van der Waals surface area contributed by atoms with Gasteiger partial charge in [-0.15, -0.1) is 0 Å². The highest BCUT2D eigenvalue weighted by atomic mass is 16.6. The first-order chi connectivity index (χ1) is 24.7. The van der Waals surface area contributed by atoms with E-state index in [4.69, 9.17) is 9.47 Å². The first kappa shape index (κ1) is 47.6. The first-order valence-electron chi connectivity index (χ1n) is 20.7. The summed E-state index contributed by atoms with van der Waals surface area (Å²) in [6.45, 7) is 5.14. The number of ether oxygens (including phenoxy) is 2. The van der Waals surface area contributed by atoms with Crippen LogP contribution in [0.25, 0.3) is 0 Å². The van der Waals surface area contributed by atoms with Gasteiger partial charge in [0.25, 0.3) is 0 Å². The minimum Gasteiger partial charge on any atom is -0.457 e. The highest BCUT2D eigenvalue weighted by molar-refractivity contribution is 5.69. The number of hydrogen-bond acceptors (Lipinski definition) is 4. The van der Waals surface area contributed by atoms with Gasteiger partial charge >= 0.3 is 5.97 Å². The van der Waals surface area contributed by atoms with Crippen molar-refractivity contribution in [3.05, 3.63) is 85.1 Å². The lowest BCUT2D eigenvalue weighted by Crippen LogP contribution is -2.27. The standard InChI is InChI=1S/C46H78O4/c1-3-5-7-9-11-13-15-17-19-21-23-25-27-29-31-33-35-37-39-41-46(48)50-45(43-47)44-49-42-40-38-36-34-32-30-28-26-24-22-20-18-16-14-12-10-8-6-4-2/h5,7,11,13,17,19-20,22-23,25,29,31,35,37,45,47H,3-4,6,8-10,12,14-16,18,21,24,26-28,30,32-34,36,38-44H2,1-2H3/b7-5-,13-11-,19-17-,22-20-,25-23-,31-29-,37-35-. The van der Waals surface area contributed by atoms with Gasteiger partial charge in [0.1, 0.15) is 6.10 Å². The molecule has 1 atom stereocenters. The summed E-state index contributed by atoms with van der Waals surface area (Å²) >= 11 is 0. The molecule has 0 aromatic heterocycles. The molecule has 0 aliphatic heterocycles. The summed E-state index contributed by atoms with van der Waals surface area (Å²) in [5, 5.41) is 9.58. The van der Waals surface area contributed by atoms with Crippen LogP contribution < -0.4 is 0 Å². The second-order valence-electron chi connectivity index (χ2n) is 13.3. The molecular weight excluding hydrogens is 617 g/mol. The molecule has 0 aliphatic rings. The van der Waals surface area contributed by atoms with E-state index in [1.807, 2.05) is 6.08 Å². The fraction of sp³-hybridized carbons (Fsp3) is 0.674. The summed E-state index contributed by atoms with van der Waals surface area (Å²) in [5.74, 6) is -0.285. The lowest BCUT2D eigenvalue weighted by molar-refractivity contribution is -0.154. The van der Waals surface area contributed by atoms with E-state index in [9.17, 15) is 9.90 Å². The third-order valence-electron chi connectivity index (χ3n) is 8.47. The average Bonchev–Trinajstić information content (AvgIpc) is 3.12. The van der Waals surface area contributed by atoms with Crippen molar-refractivity contribution in [1.82, 2.24) is 0 Å². The Morgan fingerprint density at radius 1 is 0.500 bits per heavy atom. The van der Waals surface area contributed by atoms with Crippen molar-refractivity contribution in [3.63, 3.8) is 0 Å². The largest absolute Gasteiger partial charge is 0.457 e. The van der Waals surface area contributed by atoms with Crippen LogP contribution in [0.1, 0.15) is 174 Å². The number of aliphatic hydroxyl groups is 1. The van der Waals surface area contributed by atoms with Gasteiger partial charge in [-0.3, -0.25) is 4.79 Å². The third kappa shape index (κ3) is 40.0. The van der Waals surface area contributed by atoms with Crippen molar-refractivity contribution in [1.29, 1.82) is 0 Å². The molecule has 4 nitrogen and oxygen atoms in total. The predicted octanol–water partition coefficient (Wildman–Crippen LogP) is 13.6. The van der Waals surface area contributed by atoms with E-state index in [2.05, 4.69) is 92.8 Å². The monoisotopic (exact) mass is 695 g/mol. The second-order valence-corrected chi connectivity index (χ2v) is 13.3. The Morgan fingerprint density at radius 3 is 1.36 bits per heavy atom. The maximum atomic E-state index is 12.2. The fourth-order valence-electron chi connectivity index (χ4n) is 5.41. The number of rotatable bonds is 37. The van der Waals surface area contributed by atoms with E-state index in [0.717, 1.165) is 51.4 Å². The summed E-state index contributed by atoms with van der Waals surface area (Å²) in [4.78, 5) is 12.2. The van der Waals surface area contributed by atoms with Gasteiger partial charge in [-0.25, -0.2) is 0 Å². The Kier molecular flexibility index (Phi) is 40.7. The zero-order valence-corrected chi connectivity index (χ0v) is 32.6. The smallest absolute Gasteiger partial charge is 0.306 e. The number of carbonyl (C=O) groups excluding carboxylic acids is 1. The highest BCUT2D eigenvalue weighted by Gasteiger charge is 2.13. The number of esters is 1. The Hall–Kier alpha value is -2.43. The van der Waals surface area contributed by atoms with E-state index in [1.54, 1.807) is 0 Å². The molecule has 4 heteroatoms. The maximum Gasteiger partial charge on any atom is 0.306 e. The molecule has 0 amide bonds. The number of aliphatic hydroxyl groups excluding tert-OH is 1. The van der Waals surface area contributed by atoms with Crippen molar-refractivity contribution in [2.24, 2.45) is 0 Å². The van der Waals surface area contributed by atoms with Crippen LogP contribution in [0.3, 0.4) is 0 Å². The molecule has 1 unspecified atom stereocenters. The number of allylic oxidation sites excluding steroid dienone is 14. The average molecular weight is 695 g/mol. The molecule has 286 valence electrons. The molecular formula is C46H78O4. The van der Waals surface area contributed by atoms with Crippen LogP contribution in [-0.4, -0.2) is 37.0 Å². The highest BCUT2D eigenvalue weighted by Crippen LogP contribution is 2.12. The van der Waals surface area contributed by atoms with Gasteiger partial charge < -0.3 is 14.6 Å². The molecule has 50 heavy (non-hydrogen) atoms. The Bertz CT molecular complexity index is 907. The summed E-state index contributed by atoms with van der Waals surface area (Å²) in [7, 11) is 0. The quantitative estimate of drug-likeness (QED) is 0.0399. The number of carbonyl (C=O) groups is 1. The van der Waals surface area contributed by atoms with Gasteiger partial charge in [0.05, 0.1) is 13.2 Å². The SMILES string of the molecule is CC/C=C\C/C=C\C/C=C\C/C=C\C/C=C\C/C=C\CCC(=O)OC(CO)COCCCCCCCCCC/C=C\CCCCCCCCC. The van der Waals surface area contributed by atoms with Crippen LogP contribution in [0.15, 0.2) is 85.1 Å². The molecule has 0 aliphatic carbocycles. The number of unbranched alkanes of at least 4 members (excludes halogenated alkanes) is 15. The molecule has 0 saturated carbocycles. The van der Waals surface area contributed by atoms with Crippen LogP contribution in [-0.2, 0) is 14.3 Å². The molecule has 0 aromatic rings. The molecule has 0 radical (unpaired) electrons. The van der Waals surface area contributed by atoms with Gasteiger partial charge in [0.15, 0.2) is 0 Å². The molecule has 1 N–H and O–H groups in total. The summed E-state index contributed by atoms with van der Waals surface area (Å²) in [6.07, 6.45) is 59.3. The van der Waals surface area contributed by atoms with Crippen LogP contribution in [0.2, 0.25) is 0 Å². The Balaban J connectivity index is 3.59. The molecule has 0 heterocycles. The topological polar surface area (TPSA) is 55.8 Å². The van der Waals surface area contributed by atoms with E-state index in [-0.39, 0.29) is 19.2 Å². The van der Waals surface area contributed by atoms with Crippen LogP contribution >= 0.6 is 0 Å². The second kappa shape index (κ2) is 42.7. The normalized spacial score (nSPS) is 13.3. The molecule has 0 saturated heterocycles. The zero-order valence-electron chi connectivity index (χ0n) is 32.6. The van der Waals surface area contributed by atoms with Crippen LogP contribution in [0.5, 0.6) is 0 Å². The molecule has 0 spiro atoms. The molecule has 0 bridgehead atoms. The molecule has 0 rings (SSSR count). The van der Waals surface area contributed by atoms with Gasteiger partial charge in [0.2, 0.25) is 0 Å². The molecule has 0 aromatic carbocycles. The predicted molar refractivity (Wildman–Crippen MR) is 219 cm³/mol. The van der Waals surface area contributed by atoms with Crippen molar-refractivity contribution in [2.75, 3.05) is 19.8 Å². The first-order valence-corrected chi connectivity index (χ1v) is 20.7. The minimum atomic E-state index is -0.581. The van der Waals surface area contributed by atoms with Crippen LogP contribution in [0, 0.1) is 0 Å². The third-order valence-corrected chi connectivity index (χ3v) is 8.47. The van der Waals surface area contributed by atoms with Crippen molar-refractivity contribution in [2.45, 2.75) is 180 Å². The van der Waals surface area contributed by atoms with Gasteiger partial charge in [0, 0.05) is 13.0 Å². The summed E-state index contributed by atoms with van der Waals surface area (Å²) in [6, 6.07) is 0. The summed E-state index contributed by atoms with van der Waals surface area (Å²) in [5.41, 5.74) is 0. The van der Waals surface area contributed by atoms with E-state index < -0.39 is 6.10 Å². The van der Waals surface area contributed by atoms with Crippen molar-refractivity contribution >= 4 is 5.97 Å². The Labute approximate surface area is 310 Å².